The van der Waals surface area contributed by atoms with Crippen molar-refractivity contribution >= 4 is 70.0 Å². The Kier molecular flexibility index (Phi) is 6.94. The summed E-state index contributed by atoms with van der Waals surface area (Å²) in [7, 11) is 0. The SMILES string of the molecule is Cc1cccc(NC(=O)COc2c(Cl)cc(C=C3C(=O)NC(=S)NC3=O)cc2Cl)c1C. The molecule has 1 saturated heterocycles. The molecule has 10 heteroatoms. The van der Waals surface area contributed by atoms with Crippen LogP contribution in [-0.4, -0.2) is 29.4 Å². The van der Waals surface area contributed by atoms with Crippen molar-refractivity contribution in [3.8, 4) is 5.75 Å². The molecule has 0 bridgehead atoms. The Bertz CT molecular complexity index is 1100. The Morgan fingerprint density at radius 3 is 2.35 bits per heavy atom. The molecule has 2 aromatic carbocycles. The predicted octanol–water partition coefficient (Wildman–Crippen LogP) is 3.54. The topological polar surface area (TPSA) is 96.5 Å². The number of hydrogen-bond acceptors (Lipinski definition) is 5. The molecule has 2 aromatic rings. The highest BCUT2D eigenvalue weighted by molar-refractivity contribution is 7.80. The molecule has 0 unspecified atom stereocenters. The summed E-state index contributed by atoms with van der Waals surface area (Å²) in [6, 6.07) is 8.53. The van der Waals surface area contributed by atoms with Crippen molar-refractivity contribution in [2.24, 2.45) is 0 Å². The van der Waals surface area contributed by atoms with Gasteiger partial charge in [0.15, 0.2) is 17.5 Å². The quantitative estimate of drug-likeness (QED) is 0.347. The number of ether oxygens (including phenoxy) is 1. The van der Waals surface area contributed by atoms with Gasteiger partial charge in [0.2, 0.25) is 0 Å². The van der Waals surface area contributed by atoms with Gasteiger partial charge in [-0.2, -0.15) is 0 Å². The standard InChI is InChI=1S/C21H17Cl2N3O4S/c1-10-4-3-5-16(11(10)2)24-17(27)9-30-18-14(22)7-12(8-15(18)23)6-13-19(28)25-21(31)26-20(13)29/h3-8H,9H2,1-2H3,(H,24,27)(H2,25,26,28,29,31). The van der Waals surface area contributed by atoms with Gasteiger partial charge in [0.1, 0.15) is 5.57 Å². The molecule has 1 fully saturated rings. The van der Waals surface area contributed by atoms with Gasteiger partial charge in [0.05, 0.1) is 10.0 Å². The van der Waals surface area contributed by atoms with Gasteiger partial charge in [0.25, 0.3) is 17.7 Å². The van der Waals surface area contributed by atoms with Gasteiger partial charge in [0, 0.05) is 5.69 Å². The lowest BCUT2D eigenvalue weighted by Crippen LogP contribution is -2.51. The molecule has 1 heterocycles. The Morgan fingerprint density at radius 1 is 1.13 bits per heavy atom. The fourth-order valence-electron chi connectivity index (χ4n) is 2.78. The summed E-state index contributed by atoms with van der Waals surface area (Å²) in [4.78, 5) is 36.2. The molecule has 31 heavy (non-hydrogen) atoms. The van der Waals surface area contributed by atoms with Crippen molar-refractivity contribution in [1.29, 1.82) is 0 Å². The molecular formula is C21H17Cl2N3O4S. The van der Waals surface area contributed by atoms with Crippen LogP contribution in [0.2, 0.25) is 10.0 Å². The Hall–Kier alpha value is -2.94. The molecule has 0 atom stereocenters. The highest BCUT2D eigenvalue weighted by atomic mass is 35.5. The molecule has 0 aliphatic carbocycles. The first-order valence-corrected chi connectivity index (χ1v) is 10.2. The molecule has 160 valence electrons. The van der Waals surface area contributed by atoms with Crippen molar-refractivity contribution in [2.75, 3.05) is 11.9 Å². The fourth-order valence-corrected chi connectivity index (χ4v) is 3.58. The number of halogens is 2. The number of benzene rings is 2. The summed E-state index contributed by atoms with van der Waals surface area (Å²) in [6.07, 6.45) is 1.32. The normalized spacial score (nSPS) is 13.4. The number of anilines is 1. The Labute approximate surface area is 193 Å². The van der Waals surface area contributed by atoms with Crippen molar-refractivity contribution in [3.05, 3.63) is 62.6 Å². The van der Waals surface area contributed by atoms with Gasteiger partial charge in [-0.25, -0.2) is 0 Å². The van der Waals surface area contributed by atoms with E-state index in [0.717, 1.165) is 11.1 Å². The summed E-state index contributed by atoms with van der Waals surface area (Å²) < 4.78 is 5.50. The molecule has 1 aliphatic heterocycles. The van der Waals surface area contributed by atoms with E-state index in [2.05, 4.69) is 16.0 Å². The summed E-state index contributed by atoms with van der Waals surface area (Å²) >= 11 is 17.2. The van der Waals surface area contributed by atoms with Crippen molar-refractivity contribution in [1.82, 2.24) is 10.6 Å². The smallest absolute Gasteiger partial charge is 0.263 e. The number of amides is 3. The fraction of sp³-hybridized carbons (Fsp3) is 0.143. The summed E-state index contributed by atoms with van der Waals surface area (Å²) in [5.74, 6) is -1.53. The van der Waals surface area contributed by atoms with E-state index in [1.54, 1.807) is 6.07 Å². The third-order valence-corrected chi connectivity index (χ3v) is 5.27. The van der Waals surface area contributed by atoms with E-state index in [0.29, 0.717) is 11.3 Å². The molecule has 0 radical (unpaired) electrons. The van der Waals surface area contributed by atoms with Crippen LogP contribution in [0.3, 0.4) is 0 Å². The van der Waals surface area contributed by atoms with Crippen LogP contribution in [0.1, 0.15) is 16.7 Å². The van der Waals surface area contributed by atoms with E-state index in [4.69, 9.17) is 40.2 Å². The number of nitrogens with one attached hydrogen (secondary N) is 3. The second kappa shape index (κ2) is 9.47. The highest BCUT2D eigenvalue weighted by Crippen LogP contribution is 2.35. The Balaban J connectivity index is 1.72. The minimum Gasteiger partial charge on any atom is -0.481 e. The van der Waals surface area contributed by atoms with Crippen LogP contribution in [0.15, 0.2) is 35.9 Å². The van der Waals surface area contributed by atoms with E-state index < -0.39 is 11.8 Å². The largest absolute Gasteiger partial charge is 0.481 e. The zero-order valence-corrected chi connectivity index (χ0v) is 18.8. The number of carbonyl (C=O) groups is 3. The van der Waals surface area contributed by atoms with Crippen molar-refractivity contribution in [2.45, 2.75) is 13.8 Å². The molecule has 7 nitrogen and oxygen atoms in total. The summed E-state index contributed by atoms with van der Waals surface area (Å²) in [5, 5.41) is 7.63. The number of hydrogen-bond donors (Lipinski definition) is 3. The third-order valence-electron chi connectivity index (χ3n) is 4.50. The maximum absolute atomic E-state index is 12.3. The van der Waals surface area contributed by atoms with Gasteiger partial charge < -0.3 is 10.1 Å². The highest BCUT2D eigenvalue weighted by Gasteiger charge is 2.26. The van der Waals surface area contributed by atoms with Crippen molar-refractivity contribution < 1.29 is 19.1 Å². The lowest BCUT2D eigenvalue weighted by molar-refractivity contribution is -0.123. The summed E-state index contributed by atoms with van der Waals surface area (Å²) in [5.41, 5.74) is 2.95. The van der Waals surface area contributed by atoms with Crippen molar-refractivity contribution in [3.63, 3.8) is 0 Å². The first kappa shape index (κ1) is 22.7. The second-order valence-corrected chi connectivity index (χ2v) is 7.92. The van der Waals surface area contributed by atoms with Gasteiger partial charge in [-0.05, 0) is 67.0 Å². The first-order valence-electron chi connectivity index (χ1n) is 9.02. The number of aryl methyl sites for hydroxylation is 1. The number of rotatable bonds is 5. The monoisotopic (exact) mass is 477 g/mol. The molecular weight excluding hydrogens is 461 g/mol. The molecule has 0 aromatic heterocycles. The first-order chi connectivity index (χ1) is 14.7. The van der Waals surface area contributed by atoms with Gasteiger partial charge in [-0.3, -0.25) is 25.0 Å². The van der Waals surface area contributed by atoms with Crippen LogP contribution < -0.4 is 20.7 Å². The van der Waals surface area contributed by atoms with Gasteiger partial charge in [-0.1, -0.05) is 35.3 Å². The third kappa shape index (κ3) is 5.41. The molecule has 1 aliphatic rings. The van der Waals surface area contributed by atoms with E-state index in [1.165, 1.54) is 18.2 Å². The van der Waals surface area contributed by atoms with E-state index >= 15 is 0 Å². The average Bonchev–Trinajstić information content (AvgIpc) is 2.67. The van der Waals surface area contributed by atoms with E-state index in [-0.39, 0.29) is 39.0 Å². The molecule has 0 saturated carbocycles. The van der Waals surface area contributed by atoms with Crippen LogP contribution in [-0.2, 0) is 14.4 Å². The predicted molar refractivity (Wildman–Crippen MR) is 123 cm³/mol. The average molecular weight is 478 g/mol. The van der Waals surface area contributed by atoms with Crippen LogP contribution >= 0.6 is 35.4 Å². The van der Waals surface area contributed by atoms with Gasteiger partial charge >= 0.3 is 0 Å². The van der Waals surface area contributed by atoms with Crippen LogP contribution in [0.25, 0.3) is 6.08 Å². The summed E-state index contributed by atoms with van der Waals surface area (Å²) in [6.45, 7) is 3.55. The molecule has 3 rings (SSSR count). The zero-order chi connectivity index (χ0) is 22.7. The van der Waals surface area contributed by atoms with Gasteiger partial charge in [-0.15, -0.1) is 0 Å². The number of thiocarbonyl (C=S) groups is 1. The lowest BCUT2D eigenvalue weighted by Gasteiger charge is -2.16. The molecule has 0 spiro atoms. The lowest BCUT2D eigenvalue weighted by atomic mass is 10.1. The van der Waals surface area contributed by atoms with E-state index in [9.17, 15) is 14.4 Å². The molecule has 3 amide bonds. The van der Waals surface area contributed by atoms with Crippen LogP contribution in [0, 0.1) is 13.8 Å². The van der Waals surface area contributed by atoms with E-state index in [1.807, 2.05) is 26.0 Å². The minimum atomic E-state index is -0.635. The zero-order valence-electron chi connectivity index (χ0n) is 16.5. The number of carbonyl (C=O) groups excluding carboxylic acids is 3. The Morgan fingerprint density at radius 2 is 1.74 bits per heavy atom. The second-order valence-electron chi connectivity index (χ2n) is 6.69. The maximum atomic E-state index is 12.3. The maximum Gasteiger partial charge on any atom is 0.263 e. The molecule has 3 N–H and O–H groups in total. The minimum absolute atomic E-state index is 0.0638. The van der Waals surface area contributed by atoms with Crippen LogP contribution in [0.4, 0.5) is 5.69 Å². The van der Waals surface area contributed by atoms with Crippen LogP contribution in [0.5, 0.6) is 5.75 Å².